The highest BCUT2D eigenvalue weighted by Gasteiger charge is 2.13. The Morgan fingerprint density at radius 2 is 2.17 bits per heavy atom. The minimum atomic E-state index is -0.474. The van der Waals surface area contributed by atoms with Gasteiger partial charge in [0, 0.05) is 18.2 Å². The quantitative estimate of drug-likeness (QED) is 0.349. The summed E-state index contributed by atoms with van der Waals surface area (Å²) in [7, 11) is 0. The van der Waals surface area contributed by atoms with E-state index in [0.717, 1.165) is 12.8 Å². The summed E-state index contributed by atoms with van der Waals surface area (Å²) in [5.41, 5.74) is 0.730. The van der Waals surface area contributed by atoms with Crippen LogP contribution in [0.3, 0.4) is 0 Å². The second kappa shape index (κ2) is 6.74. The molecule has 0 aliphatic rings. The largest absolute Gasteiger partial charge is 0.379 e. The average molecular weight is 250 g/mol. The molecule has 1 aromatic carbocycles. The monoisotopic (exact) mass is 250 g/mol. The van der Waals surface area contributed by atoms with E-state index in [9.17, 15) is 14.9 Å². The summed E-state index contributed by atoms with van der Waals surface area (Å²) in [5.74, 6) is 0.624. The van der Waals surface area contributed by atoms with Gasteiger partial charge in [0.2, 0.25) is 0 Å². The molecule has 0 aliphatic carbocycles. The molecule has 0 saturated heterocycles. The van der Waals surface area contributed by atoms with Gasteiger partial charge in [-0.2, -0.15) is 0 Å². The fraction of sp³-hybridized carbons (Fsp3) is 0.462. The van der Waals surface area contributed by atoms with Crippen LogP contribution in [0.2, 0.25) is 0 Å². The summed E-state index contributed by atoms with van der Waals surface area (Å²) in [4.78, 5) is 21.0. The van der Waals surface area contributed by atoms with E-state index in [1.165, 1.54) is 6.07 Å². The van der Waals surface area contributed by atoms with Gasteiger partial charge in [0.15, 0.2) is 0 Å². The summed E-state index contributed by atoms with van der Waals surface area (Å²) >= 11 is 0. The van der Waals surface area contributed by atoms with Gasteiger partial charge in [-0.3, -0.25) is 14.9 Å². The molecule has 5 heteroatoms. The number of anilines is 1. The lowest BCUT2D eigenvalue weighted by Crippen LogP contribution is -2.05. The number of benzene rings is 1. The Kier molecular flexibility index (Phi) is 5.30. The van der Waals surface area contributed by atoms with Crippen LogP contribution in [0.25, 0.3) is 0 Å². The third-order valence-corrected chi connectivity index (χ3v) is 2.63. The van der Waals surface area contributed by atoms with Crippen molar-refractivity contribution in [1.82, 2.24) is 0 Å². The first-order chi connectivity index (χ1) is 8.54. The van der Waals surface area contributed by atoms with E-state index in [1.54, 1.807) is 12.1 Å². The Hall–Kier alpha value is -1.91. The normalized spacial score (nSPS) is 10.4. The van der Waals surface area contributed by atoms with Gasteiger partial charge in [-0.25, -0.2) is 0 Å². The molecular weight excluding hydrogens is 232 g/mol. The molecule has 0 saturated carbocycles. The van der Waals surface area contributed by atoms with E-state index in [1.807, 2.05) is 0 Å². The Labute approximate surface area is 106 Å². The number of nitrogens with one attached hydrogen (secondary N) is 1. The van der Waals surface area contributed by atoms with Gasteiger partial charge in [0.1, 0.15) is 12.0 Å². The molecule has 0 radical (unpaired) electrons. The molecule has 0 heterocycles. The summed E-state index contributed by atoms with van der Waals surface area (Å²) < 4.78 is 0. The average Bonchev–Trinajstić information content (AvgIpc) is 2.34. The Morgan fingerprint density at radius 3 is 2.72 bits per heavy atom. The number of carbonyl (C=O) groups is 1. The maximum absolute atomic E-state index is 10.9. The maximum atomic E-state index is 10.9. The Balaban J connectivity index is 2.69. The highest BCUT2D eigenvalue weighted by molar-refractivity contribution is 5.79. The Bertz CT molecular complexity index is 430. The molecule has 0 bridgehead atoms. The van der Waals surface area contributed by atoms with Gasteiger partial charge in [0.05, 0.1) is 4.92 Å². The highest BCUT2D eigenvalue weighted by Crippen LogP contribution is 2.25. The minimum absolute atomic E-state index is 0.0517. The zero-order valence-electron chi connectivity index (χ0n) is 10.7. The SMILES string of the molecule is CC(C)CCCNc1ccc(C=O)cc1[N+](=O)[O-]. The van der Waals surface area contributed by atoms with Gasteiger partial charge in [-0.05, 0) is 30.9 Å². The topological polar surface area (TPSA) is 72.2 Å². The first kappa shape index (κ1) is 14.2. The van der Waals surface area contributed by atoms with Crippen LogP contribution in [0.1, 0.15) is 37.0 Å². The zero-order valence-corrected chi connectivity index (χ0v) is 10.7. The van der Waals surface area contributed by atoms with E-state index in [-0.39, 0.29) is 5.69 Å². The molecule has 0 aliphatic heterocycles. The van der Waals surface area contributed by atoms with Crippen molar-refractivity contribution in [2.24, 2.45) is 5.92 Å². The molecule has 0 aromatic heterocycles. The van der Waals surface area contributed by atoms with Crippen LogP contribution in [0.15, 0.2) is 18.2 Å². The lowest BCUT2D eigenvalue weighted by molar-refractivity contribution is -0.384. The number of nitro benzene ring substituents is 1. The summed E-state index contributed by atoms with van der Waals surface area (Å²) in [6.45, 7) is 4.97. The molecule has 0 atom stereocenters. The summed E-state index contributed by atoms with van der Waals surface area (Å²) in [6.07, 6.45) is 2.65. The molecule has 1 rings (SSSR count). The van der Waals surface area contributed by atoms with Crippen molar-refractivity contribution >= 4 is 17.7 Å². The molecule has 1 N–H and O–H groups in total. The van der Waals surface area contributed by atoms with E-state index >= 15 is 0 Å². The predicted molar refractivity (Wildman–Crippen MR) is 71.0 cm³/mol. The first-order valence-electron chi connectivity index (χ1n) is 6.02. The molecule has 0 amide bonds. The fourth-order valence-corrected chi connectivity index (χ4v) is 1.66. The standard InChI is InChI=1S/C13H18N2O3/c1-10(2)4-3-7-14-12-6-5-11(9-16)8-13(12)15(17)18/h5-6,8-10,14H,3-4,7H2,1-2H3. The lowest BCUT2D eigenvalue weighted by atomic mass is 10.1. The van der Waals surface area contributed by atoms with Crippen LogP contribution in [0.5, 0.6) is 0 Å². The summed E-state index contributed by atoms with van der Waals surface area (Å²) in [5, 5.41) is 13.9. The van der Waals surface area contributed by atoms with Gasteiger partial charge in [0.25, 0.3) is 5.69 Å². The second-order valence-corrected chi connectivity index (χ2v) is 4.61. The number of hydrogen-bond donors (Lipinski definition) is 1. The van der Waals surface area contributed by atoms with Crippen molar-refractivity contribution in [3.63, 3.8) is 0 Å². The fourth-order valence-electron chi connectivity index (χ4n) is 1.66. The molecule has 18 heavy (non-hydrogen) atoms. The number of carbonyl (C=O) groups excluding carboxylic acids is 1. The van der Waals surface area contributed by atoms with Crippen molar-refractivity contribution in [2.45, 2.75) is 26.7 Å². The van der Waals surface area contributed by atoms with Crippen LogP contribution in [-0.2, 0) is 0 Å². The van der Waals surface area contributed by atoms with Crippen molar-refractivity contribution in [1.29, 1.82) is 0 Å². The third-order valence-electron chi connectivity index (χ3n) is 2.63. The van der Waals surface area contributed by atoms with E-state index in [0.29, 0.717) is 30.0 Å². The number of hydrogen-bond acceptors (Lipinski definition) is 4. The van der Waals surface area contributed by atoms with Crippen molar-refractivity contribution in [3.05, 3.63) is 33.9 Å². The molecule has 98 valence electrons. The third kappa shape index (κ3) is 4.16. The molecule has 5 nitrogen and oxygen atoms in total. The summed E-state index contributed by atoms with van der Waals surface area (Å²) in [6, 6.07) is 4.44. The van der Waals surface area contributed by atoms with Gasteiger partial charge in [-0.1, -0.05) is 13.8 Å². The lowest BCUT2D eigenvalue weighted by Gasteiger charge is -2.08. The molecule has 1 aromatic rings. The predicted octanol–water partition coefficient (Wildman–Crippen LogP) is 3.26. The number of aldehydes is 1. The van der Waals surface area contributed by atoms with Crippen molar-refractivity contribution in [2.75, 3.05) is 11.9 Å². The van der Waals surface area contributed by atoms with Crippen LogP contribution in [0, 0.1) is 16.0 Å². The van der Waals surface area contributed by atoms with Crippen molar-refractivity contribution in [3.8, 4) is 0 Å². The highest BCUT2D eigenvalue weighted by atomic mass is 16.6. The zero-order chi connectivity index (χ0) is 13.5. The number of nitro groups is 1. The number of rotatable bonds is 7. The smallest absolute Gasteiger partial charge is 0.293 e. The van der Waals surface area contributed by atoms with Crippen LogP contribution >= 0.6 is 0 Å². The molecule has 0 fully saturated rings. The minimum Gasteiger partial charge on any atom is -0.379 e. The van der Waals surface area contributed by atoms with E-state index in [4.69, 9.17) is 0 Å². The van der Waals surface area contributed by atoms with Crippen LogP contribution in [-0.4, -0.2) is 17.8 Å². The Morgan fingerprint density at radius 1 is 1.44 bits per heavy atom. The van der Waals surface area contributed by atoms with Gasteiger partial charge >= 0.3 is 0 Å². The molecule has 0 spiro atoms. The first-order valence-corrected chi connectivity index (χ1v) is 6.02. The van der Waals surface area contributed by atoms with E-state index < -0.39 is 4.92 Å². The van der Waals surface area contributed by atoms with E-state index in [2.05, 4.69) is 19.2 Å². The van der Waals surface area contributed by atoms with Crippen LogP contribution in [0.4, 0.5) is 11.4 Å². The van der Waals surface area contributed by atoms with Crippen molar-refractivity contribution < 1.29 is 9.72 Å². The molecule has 0 unspecified atom stereocenters. The maximum Gasteiger partial charge on any atom is 0.293 e. The number of nitrogens with zero attached hydrogens (tertiary/aromatic N) is 1. The molecular formula is C13H18N2O3. The second-order valence-electron chi connectivity index (χ2n) is 4.61. The van der Waals surface area contributed by atoms with Gasteiger partial charge in [-0.15, -0.1) is 0 Å². The van der Waals surface area contributed by atoms with Gasteiger partial charge < -0.3 is 5.32 Å². The van der Waals surface area contributed by atoms with Crippen LogP contribution < -0.4 is 5.32 Å².